The zero-order valence-electron chi connectivity index (χ0n) is 11.7. The number of hydrogen-bond acceptors (Lipinski definition) is 4. The molecule has 6 heteroatoms. The van der Waals surface area contributed by atoms with Gasteiger partial charge in [0.2, 0.25) is 0 Å². The van der Waals surface area contributed by atoms with Crippen LogP contribution >= 0.6 is 11.8 Å². The maximum Gasteiger partial charge on any atom is 0.335 e. The highest BCUT2D eigenvalue weighted by atomic mass is 32.2. The quantitative estimate of drug-likeness (QED) is 0.864. The Morgan fingerprint density at radius 2 is 1.95 bits per heavy atom. The molecular formula is C15H15NO4S. The van der Waals surface area contributed by atoms with Crippen molar-refractivity contribution in [3.05, 3.63) is 40.3 Å². The highest BCUT2D eigenvalue weighted by Gasteiger charge is 2.37. The minimum Gasteiger partial charge on any atom is -0.478 e. The number of carbonyl (C=O) groups is 3. The average Bonchev–Trinajstić information content (AvgIpc) is 2.73. The molecule has 1 saturated heterocycles. The fraction of sp³-hybridized carbons (Fsp3) is 0.267. The summed E-state index contributed by atoms with van der Waals surface area (Å²) in [5.74, 6) is -1.29. The van der Waals surface area contributed by atoms with Gasteiger partial charge in [-0.2, -0.15) is 0 Å². The van der Waals surface area contributed by atoms with Crippen LogP contribution in [-0.2, 0) is 4.79 Å². The molecule has 110 valence electrons. The van der Waals surface area contributed by atoms with Crippen molar-refractivity contribution in [3.8, 4) is 0 Å². The molecule has 1 heterocycles. The van der Waals surface area contributed by atoms with E-state index in [0.717, 1.165) is 11.8 Å². The van der Waals surface area contributed by atoms with E-state index in [2.05, 4.69) is 0 Å². The molecule has 1 fully saturated rings. The molecule has 1 aliphatic rings. The zero-order valence-corrected chi connectivity index (χ0v) is 12.5. The molecule has 1 unspecified atom stereocenters. The number of nitrogens with zero attached hydrogens (tertiary/aromatic N) is 1. The first kappa shape index (κ1) is 15.3. The van der Waals surface area contributed by atoms with Gasteiger partial charge in [-0.05, 0) is 48.9 Å². The van der Waals surface area contributed by atoms with Gasteiger partial charge >= 0.3 is 5.97 Å². The monoisotopic (exact) mass is 305 g/mol. The van der Waals surface area contributed by atoms with Crippen LogP contribution in [0.2, 0.25) is 0 Å². The molecule has 2 amide bonds. The Morgan fingerprint density at radius 1 is 1.33 bits per heavy atom. The van der Waals surface area contributed by atoms with Crippen molar-refractivity contribution in [3.63, 3.8) is 0 Å². The number of benzene rings is 1. The van der Waals surface area contributed by atoms with Crippen LogP contribution in [0.1, 0.15) is 36.2 Å². The summed E-state index contributed by atoms with van der Waals surface area (Å²) in [5.41, 5.74) is 0.870. The number of carboxylic acids is 1. The van der Waals surface area contributed by atoms with Crippen LogP contribution in [0.25, 0.3) is 6.08 Å². The van der Waals surface area contributed by atoms with Gasteiger partial charge in [0.25, 0.3) is 11.1 Å². The molecule has 0 radical (unpaired) electrons. The zero-order chi connectivity index (χ0) is 15.6. The van der Waals surface area contributed by atoms with Crippen LogP contribution in [0.4, 0.5) is 4.79 Å². The lowest BCUT2D eigenvalue weighted by molar-refractivity contribution is -0.124. The Morgan fingerprint density at radius 3 is 2.48 bits per heavy atom. The van der Waals surface area contributed by atoms with Crippen molar-refractivity contribution >= 4 is 35.0 Å². The van der Waals surface area contributed by atoms with Gasteiger partial charge in [-0.15, -0.1) is 0 Å². The molecule has 5 nitrogen and oxygen atoms in total. The first-order valence-electron chi connectivity index (χ1n) is 6.54. The second-order valence-electron chi connectivity index (χ2n) is 4.74. The Kier molecular flexibility index (Phi) is 4.47. The second-order valence-corrected chi connectivity index (χ2v) is 5.73. The van der Waals surface area contributed by atoms with Crippen molar-refractivity contribution in [2.75, 3.05) is 0 Å². The number of thioether (sulfide) groups is 1. The van der Waals surface area contributed by atoms with E-state index in [9.17, 15) is 14.4 Å². The fourth-order valence-electron chi connectivity index (χ4n) is 1.92. The Balaban J connectivity index is 2.24. The number of aromatic carboxylic acids is 1. The van der Waals surface area contributed by atoms with Crippen molar-refractivity contribution in [1.82, 2.24) is 4.90 Å². The Labute approximate surface area is 126 Å². The number of amides is 2. The molecule has 1 aliphatic heterocycles. The first-order chi connectivity index (χ1) is 9.93. The van der Waals surface area contributed by atoms with E-state index in [1.165, 1.54) is 17.0 Å². The second kappa shape index (κ2) is 6.13. The van der Waals surface area contributed by atoms with Gasteiger partial charge in [0.15, 0.2) is 0 Å². The molecule has 0 aromatic heterocycles. The largest absolute Gasteiger partial charge is 0.478 e. The van der Waals surface area contributed by atoms with Crippen LogP contribution in [0.5, 0.6) is 0 Å². The SMILES string of the molecule is CCC(C)N1C(=O)SC(=Cc2ccc(C(=O)O)cc2)C1=O. The van der Waals surface area contributed by atoms with Crippen molar-refractivity contribution in [1.29, 1.82) is 0 Å². The number of imide groups is 1. The van der Waals surface area contributed by atoms with Crippen LogP contribution in [-0.4, -0.2) is 33.2 Å². The predicted octanol–water partition coefficient (Wildman–Crippen LogP) is 3.22. The van der Waals surface area contributed by atoms with E-state index in [1.807, 2.05) is 13.8 Å². The predicted molar refractivity (Wildman–Crippen MR) is 81.0 cm³/mol. The summed E-state index contributed by atoms with van der Waals surface area (Å²) in [6, 6.07) is 6.03. The fourth-order valence-corrected chi connectivity index (χ4v) is 2.85. The highest BCUT2D eigenvalue weighted by Crippen LogP contribution is 2.34. The van der Waals surface area contributed by atoms with Crippen molar-refractivity contribution < 1.29 is 19.5 Å². The van der Waals surface area contributed by atoms with E-state index in [1.54, 1.807) is 18.2 Å². The highest BCUT2D eigenvalue weighted by molar-refractivity contribution is 8.18. The van der Waals surface area contributed by atoms with Crippen LogP contribution < -0.4 is 0 Å². The van der Waals surface area contributed by atoms with Crippen LogP contribution in [0, 0.1) is 0 Å². The lowest BCUT2D eigenvalue weighted by Gasteiger charge is -2.19. The summed E-state index contributed by atoms with van der Waals surface area (Å²) < 4.78 is 0. The third-order valence-electron chi connectivity index (χ3n) is 3.31. The van der Waals surface area contributed by atoms with Crippen molar-refractivity contribution in [2.45, 2.75) is 26.3 Å². The van der Waals surface area contributed by atoms with Gasteiger partial charge < -0.3 is 5.11 Å². The maximum atomic E-state index is 12.2. The normalized spacial score (nSPS) is 18.4. The molecule has 1 atom stereocenters. The van der Waals surface area contributed by atoms with Crippen molar-refractivity contribution in [2.24, 2.45) is 0 Å². The molecule has 0 saturated carbocycles. The van der Waals surface area contributed by atoms with E-state index in [4.69, 9.17) is 5.11 Å². The lowest BCUT2D eigenvalue weighted by Crippen LogP contribution is -2.36. The maximum absolute atomic E-state index is 12.2. The molecular weight excluding hydrogens is 290 g/mol. The molecule has 0 bridgehead atoms. The number of carboxylic acid groups (broad SMARTS) is 1. The van der Waals surface area contributed by atoms with Gasteiger partial charge in [-0.25, -0.2) is 4.79 Å². The summed E-state index contributed by atoms with van der Waals surface area (Å²) in [6.07, 6.45) is 2.32. The summed E-state index contributed by atoms with van der Waals surface area (Å²) in [7, 11) is 0. The van der Waals surface area contributed by atoms with Gasteiger partial charge in [-0.1, -0.05) is 19.1 Å². The molecule has 21 heavy (non-hydrogen) atoms. The van der Waals surface area contributed by atoms with Crippen LogP contribution in [0.15, 0.2) is 29.2 Å². The van der Waals surface area contributed by atoms with Gasteiger partial charge in [0.1, 0.15) is 0 Å². The lowest BCUT2D eigenvalue weighted by atomic mass is 10.1. The van der Waals surface area contributed by atoms with E-state index >= 15 is 0 Å². The standard InChI is InChI=1S/C15H15NO4S/c1-3-9(2)16-13(17)12(21-15(16)20)8-10-4-6-11(7-5-10)14(18)19/h4-9H,3H2,1-2H3,(H,18,19). The van der Waals surface area contributed by atoms with Crippen LogP contribution in [0.3, 0.4) is 0 Å². The van der Waals surface area contributed by atoms with Gasteiger partial charge in [0, 0.05) is 6.04 Å². The average molecular weight is 305 g/mol. The number of hydrogen-bond donors (Lipinski definition) is 1. The number of rotatable bonds is 4. The molecule has 1 aromatic carbocycles. The molecule has 0 aliphatic carbocycles. The Bertz CT molecular complexity index is 621. The summed E-state index contributed by atoms with van der Waals surface area (Å²) in [6.45, 7) is 3.75. The van der Waals surface area contributed by atoms with E-state index in [0.29, 0.717) is 16.9 Å². The van der Waals surface area contributed by atoms with Gasteiger partial charge in [0.05, 0.1) is 10.5 Å². The van der Waals surface area contributed by atoms with E-state index < -0.39 is 5.97 Å². The summed E-state index contributed by atoms with van der Waals surface area (Å²) in [5, 5.41) is 8.57. The minimum atomic E-state index is -1.00. The topological polar surface area (TPSA) is 74.7 Å². The van der Waals surface area contributed by atoms with Gasteiger partial charge in [-0.3, -0.25) is 14.5 Å². The first-order valence-corrected chi connectivity index (χ1v) is 7.36. The molecule has 1 aromatic rings. The Hall–Kier alpha value is -2.08. The third kappa shape index (κ3) is 3.16. The molecule has 2 rings (SSSR count). The summed E-state index contributed by atoms with van der Waals surface area (Å²) in [4.78, 5) is 36.5. The smallest absolute Gasteiger partial charge is 0.335 e. The molecule has 1 N–H and O–H groups in total. The minimum absolute atomic E-state index is 0.127. The van der Waals surface area contributed by atoms with E-state index in [-0.39, 0.29) is 22.8 Å². The summed E-state index contributed by atoms with van der Waals surface area (Å²) >= 11 is 0.913. The number of carbonyl (C=O) groups excluding carboxylic acids is 2. The molecule has 0 spiro atoms. The third-order valence-corrected chi connectivity index (χ3v) is 4.19.